The average Bonchev–Trinajstić information content (AvgIpc) is 2.60. The van der Waals surface area contributed by atoms with Crippen molar-refractivity contribution in [3.63, 3.8) is 0 Å². The summed E-state index contributed by atoms with van der Waals surface area (Å²) >= 11 is 1.38. The molecular formula is C17H16N4O2S. The van der Waals surface area contributed by atoms with Crippen LogP contribution in [0.4, 0.5) is 5.82 Å². The molecule has 1 aliphatic carbocycles. The number of anilines is 1. The van der Waals surface area contributed by atoms with E-state index in [0.29, 0.717) is 28.5 Å². The number of pyridine rings is 1. The van der Waals surface area contributed by atoms with Crippen LogP contribution in [0.25, 0.3) is 0 Å². The van der Waals surface area contributed by atoms with Crippen molar-refractivity contribution in [3.8, 4) is 0 Å². The van der Waals surface area contributed by atoms with Crippen LogP contribution < -0.4 is 10.9 Å². The molecule has 0 saturated carbocycles. The molecule has 0 fully saturated rings. The first kappa shape index (κ1) is 15.1. The van der Waals surface area contributed by atoms with Gasteiger partial charge in [-0.25, -0.2) is 4.98 Å². The number of carbonyl (C=O) groups is 1. The maximum atomic E-state index is 12.7. The van der Waals surface area contributed by atoms with Crippen LogP contribution in [0, 0.1) is 0 Å². The quantitative estimate of drug-likeness (QED) is 0.645. The molecule has 1 atom stereocenters. The molecule has 0 saturated heterocycles. The van der Waals surface area contributed by atoms with Crippen molar-refractivity contribution >= 4 is 23.4 Å². The van der Waals surface area contributed by atoms with E-state index in [0.717, 1.165) is 24.1 Å². The second-order valence-electron chi connectivity index (χ2n) is 5.85. The Bertz CT molecular complexity index is 905. The van der Waals surface area contributed by atoms with Crippen LogP contribution >= 0.6 is 11.8 Å². The van der Waals surface area contributed by atoms with Gasteiger partial charge >= 0.3 is 0 Å². The van der Waals surface area contributed by atoms with Gasteiger partial charge in [0.2, 0.25) is 0 Å². The fourth-order valence-corrected chi connectivity index (χ4v) is 3.79. The van der Waals surface area contributed by atoms with Crippen molar-refractivity contribution in [2.24, 2.45) is 0 Å². The third-order valence-electron chi connectivity index (χ3n) is 4.45. The Hall–Kier alpha value is -2.41. The number of rotatable bonds is 2. The zero-order valence-corrected chi connectivity index (χ0v) is 13.9. The van der Waals surface area contributed by atoms with Crippen molar-refractivity contribution in [1.82, 2.24) is 15.0 Å². The Labute approximate surface area is 142 Å². The third-order valence-corrected chi connectivity index (χ3v) is 5.03. The standard InChI is InChI=1S/C17H16N4O2S/c1-24-17-20-15-14(16(23)21-17)12(9-4-3-7-18-8-9)13-10(19-15)5-2-6-11(13)22/h3-4,7-8,12H,2,5-6H2,1H3,(H2,19,20,21,23)/t12-/m1/s1. The number of H-pyrrole nitrogens is 1. The van der Waals surface area contributed by atoms with Crippen LogP contribution in [-0.2, 0) is 4.79 Å². The van der Waals surface area contributed by atoms with Crippen molar-refractivity contribution in [1.29, 1.82) is 0 Å². The second kappa shape index (κ2) is 5.90. The lowest BCUT2D eigenvalue weighted by Gasteiger charge is -2.32. The SMILES string of the molecule is CSc1nc2c(c(=O)[nH]1)[C@H](c1cccnc1)C1=C(CCCC1=O)N2. The molecule has 4 rings (SSSR count). The Balaban J connectivity index is 1.99. The monoisotopic (exact) mass is 340 g/mol. The Morgan fingerprint density at radius 2 is 2.17 bits per heavy atom. The minimum absolute atomic E-state index is 0.0941. The number of aromatic nitrogens is 3. The van der Waals surface area contributed by atoms with E-state index in [-0.39, 0.29) is 11.3 Å². The zero-order valence-electron chi connectivity index (χ0n) is 13.1. The zero-order chi connectivity index (χ0) is 16.7. The van der Waals surface area contributed by atoms with Gasteiger partial charge in [-0.2, -0.15) is 0 Å². The number of hydrogen-bond acceptors (Lipinski definition) is 6. The molecular weight excluding hydrogens is 324 g/mol. The van der Waals surface area contributed by atoms with Gasteiger partial charge in [-0.3, -0.25) is 14.6 Å². The second-order valence-corrected chi connectivity index (χ2v) is 6.65. The molecule has 6 nitrogen and oxygen atoms in total. The fourth-order valence-electron chi connectivity index (χ4n) is 3.42. The lowest BCUT2D eigenvalue weighted by atomic mass is 9.77. The molecule has 7 heteroatoms. The minimum atomic E-state index is -0.412. The Kier molecular flexibility index (Phi) is 3.72. The largest absolute Gasteiger partial charge is 0.343 e. The lowest BCUT2D eigenvalue weighted by molar-refractivity contribution is -0.116. The van der Waals surface area contributed by atoms with Crippen LogP contribution in [0.5, 0.6) is 0 Å². The number of aromatic amines is 1. The Morgan fingerprint density at radius 3 is 2.92 bits per heavy atom. The molecule has 0 aromatic carbocycles. The van der Waals surface area contributed by atoms with Gasteiger partial charge in [0.1, 0.15) is 5.82 Å². The topological polar surface area (TPSA) is 87.7 Å². The summed E-state index contributed by atoms with van der Waals surface area (Å²) in [6.07, 6.45) is 7.39. The van der Waals surface area contributed by atoms with E-state index in [2.05, 4.69) is 20.3 Å². The highest BCUT2D eigenvalue weighted by Gasteiger charge is 2.37. The van der Waals surface area contributed by atoms with Crippen molar-refractivity contribution in [2.45, 2.75) is 30.3 Å². The summed E-state index contributed by atoms with van der Waals surface area (Å²) in [4.78, 5) is 36.8. The maximum Gasteiger partial charge on any atom is 0.257 e. The summed E-state index contributed by atoms with van der Waals surface area (Å²) in [5.41, 5.74) is 2.70. The minimum Gasteiger partial charge on any atom is -0.343 e. The number of hydrogen-bond donors (Lipinski definition) is 2. The number of carbonyl (C=O) groups excluding carboxylic acids is 1. The number of nitrogens with zero attached hydrogens (tertiary/aromatic N) is 2. The number of fused-ring (bicyclic) bond motifs is 1. The molecule has 0 radical (unpaired) electrons. The van der Waals surface area contributed by atoms with Gasteiger partial charge in [0.05, 0.1) is 5.56 Å². The highest BCUT2D eigenvalue weighted by Crippen LogP contribution is 2.43. The first-order valence-electron chi connectivity index (χ1n) is 7.80. The van der Waals surface area contributed by atoms with E-state index >= 15 is 0 Å². The number of allylic oxidation sites excluding steroid dienone is 2. The van der Waals surface area contributed by atoms with Gasteiger partial charge < -0.3 is 10.3 Å². The smallest absolute Gasteiger partial charge is 0.257 e. The van der Waals surface area contributed by atoms with Crippen LogP contribution in [0.1, 0.15) is 36.3 Å². The normalized spacial score (nSPS) is 19.5. The van der Waals surface area contributed by atoms with Crippen LogP contribution in [-0.4, -0.2) is 27.0 Å². The van der Waals surface area contributed by atoms with Crippen molar-refractivity contribution < 1.29 is 4.79 Å². The van der Waals surface area contributed by atoms with E-state index in [1.807, 2.05) is 18.4 Å². The summed E-state index contributed by atoms with van der Waals surface area (Å²) in [7, 11) is 0. The van der Waals surface area contributed by atoms with Gasteiger partial charge in [0.15, 0.2) is 10.9 Å². The van der Waals surface area contributed by atoms with Gasteiger partial charge in [-0.1, -0.05) is 17.8 Å². The lowest BCUT2D eigenvalue weighted by Crippen LogP contribution is -2.32. The predicted octanol–water partition coefficient (Wildman–Crippen LogP) is 2.45. The molecule has 3 heterocycles. The predicted molar refractivity (Wildman–Crippen MR) is 92.2 cm³/mol. The fraction of sp³-hybridized carbons (Fsp3) is 0.294. The first-order valence-corrected chi connectivity index (χ1v) is 9.03. The third kappa shape index (κ3) is 2.36. The summed E-state index contributed by atoms with van der Waals surface area (Å²) in [6.45, 7) is 0. The van der Waals surface area contributed by atoms with Crippen LogP contribution in [0.15, 0.2) is 45.7 Å². The maximum absolute atomic E-state index is 12.7. The summed E-state index contributed by atoms with van der Waals surface area (Å²) in [5, 5.41) is 3.80. The molecule has 2 N–H and O–H groups in total. The molecule has 0 spiro atoms. The molecule has 2 aliphatic rings. The summed E-state index contributed by atoms with van der Waals surface area (Å²) in [5.74, 6) is 0.229. The molecule has 0 bridgehead atoms. The molecule has 0 unspecified atom stereocenters. The highest BCUT2D eigenvalue weighted by atomic mass is 32.2. The van der Waals surface area contributed by atoms with Gasteiger partial charge in [-0.05, 0) is 30.7 Å². The van der Waals surface area contributed by atoms with E-state index < -0.39 is 5.92 Å². The van der Waals surface area contributed by atoms with E-state index in [4.69, 9.17) is 0 Å². The number of nitrogens with one attached hydrogen (secondary N) is 2. The van der Waals surface area contributed by atoms with Crippen molar-refractivity contribution in [2.75, 3.05) is 11.6 Å². The average molecular weight is 340 g/mol. The van der Waals surface area contributed by atoms with Crippen LogP contribution in [0.2, 0.25) is 0 Å². The number of ketones is 1. The summed E-state index contributed by atoms with van der Waals surface area (Å²) in [6, 6.07) is 3.73. The van der Waals surface area contributed by atoms with Crippen LogP contribution in [0.3, 0.4) is 0 Å². The van der Waals surface area contributed by atoms with E-state index in [9.17, 15) is 9.59 Å². The first-order chi connectivity index (χ1) is 11.7. The number of Topliss-reactive ketones (excluding diaryl/α,β-unsaturated/α-hetero) is 1. The summed E-state index contributed by atoms with van der Waals surface area (Å²) < 4.78 is 0. The number of thioether (sulfide) groups is 1. The van der Waals surface area contributed by atoms with E-state index in [1.54, 1.807) is 12.4 Å². The van der Waals surface area contributed by atoms with Crippen molar-refractivity contribution in [3.05, 3.63) is 57.3 Å². The molecule has 2 aromatic rings. The molecule has 24 heavy (non-hydrogen) atoms. The molecule has 0 amide bonds. The Morgan fingerprint density at radius 1 is 1.29 bits per heavy atom. The van der Waals surface area contributed by atoms with E-state index in [1.165, 1.54) is 11.8 Å². The molecule has 122 valence electrons. The van der Waals surface area contributed by atoms with Gasteiger partial charge in [-0.15, -0.1) is 0 Å². The van der Waals surface area contributed by atoms with Gasteiger partial charge in [0.25, 0.3) is 5.56 Å². The highest BCUT2D eigenvalue weighted by molar-refractivity contribution is 7.98. The molecule has 1 aliphatic heterocycles. The molecule has 2 aromatic heterocycles. The van der Waals surface area contributed by atoms with Gasteiger partial charge in [0, 0.05) is 36.0 Å².